The smallest absolute Gasteiger partial charge is 0.304 e. The van der Waals surface area contributed by atoms with Crippen molar-refractivity contribution in [1.29, 1.82) is 0 Å². The first-order valence-corrected chi connectivity index (χ1v) is 6.31. The van der Waals surface area contributed by atoms with Gasteiger partial charge >= 0.3 is 5.69 Å². The Balaban J connectivity index is 0.000000574. The van der Waals surface area contributed by atoms with Crippen LogP contribution in [0, 0.1) is 0 Å². The van der Waals surface area contributed by atoms with Crippen molar-refractivity contribution in [1.82, 2.24) is 19.5 Å². The Morgan fingerprint density at radius 1 is 1.33 bits per heavy atom. The molecule has 0 aliphatic carbocycles. The summed E-state index contributed by atoms with van der Waals surface area (Å²) in [5.41, 5.74) is 0.373. The SMILES string of the molecule is CC.Cn1c(=O)[nH]c2c(sc3cncnc32)c1=O. The average molecular weight is 264 g/mol. The zero-order chi connectivity index (χ0) is 13.3. The third-order valence-corrected chi connectivity index (χ3v) is 3.49. The summed E-state index contributed by atoms with van der Waals surface area (Å²) in [6.07, 6.45) is 3.02. The normalized spacial score (nSPS) is 10.4. The van der Waals surface area contributed by atoms with Crippen molar-refractivity contribution in [3.63, 3.8) is 0 Å². The molecule has 0 unspecified atom stereocenters. The number of hydrogen-bond donors (Lipinski definition) is 1. The predicted octanol–water partition coefficient (Wildman–Crippen LogP) is 1.26. The summed E-state index contributed by atoms with van der Waals surface area (Å²) in [5.74, 6) is 0. The van der Waals surface area contributed by atoms with E-state index in [1.807, 2.05) is 13.8 Å². The van der Waals surface area contributed by atoms with Gasteiger partial charge in [0.2, 0.25) is 0 Å². The van der Waals surface area contributed by atoms with Crippen molar-refractivity contribution >= 4 is 31.8 Å². The first-order valence-electron chi connectivity index (χ1n) is 5.50. The summed E-state index contributed by atoms with van der Waals surface area (Å²) in [7, 11) is 1.44. The number of fused-ring (bicyclic) bond motifs is 3. The summed E-state index contributed by atoms with van der Waals surface area (Å²) in [6, 6.07) is 0. The lowest BCUT2D eigenvalue weighted by atomic mass is 10.4. The van der Waals surface area contributed by atoms with E-state index >= 15 is 0 Å². The molecule has 0 aliphatic rings. The van der Waals surface area contributed by atoms with E-state index in [1.165, 1.54) is 24.7 Å². The molecule has 3 aromatic heterocycles. The van der Waals surface area contributed by atoms with Crippen LogP contribution in [0.5, 0.6) is 0 Å². The fraction of sp³-hybridized carbons (Fsp3) is 0.273. The second kappa shape index (κ2) is 4.69. The molecule has 7 heteroatoms. The standard InChI is InChI=1S/C9H6N4O2S.C2H6/c1-13-8(14)7-6(12-9(13)15)5-4(16-7)2-10-3-11-5;1-2/h2-3H,1H3,(H,12,15);1-2H3. The fourth-order valence-corrected chi connectivity index (χ4v) is 2.61. The molecule has 0 bridgehead atoms. The van der Waals surface area contributed by atoms with E-state index in [1.54, 1.807) is 6.20 Å². The summed E-state index contributed by atoms with van der Waals surface area (Å²) in [4.78, 5) is 33.9. The van der Waals surface area contributed by atoms with Gasteiger partial charge in [-0.2, -0.15) is 0 Å². The lowest BCUT2D eigenvalue weighted by molar-refractivity contribution is 0.796. The largest absolute Gasteiger partial charge is 0.328 e. The van der Waals surface area contributed by atoms with Gasteiger partial charge in [-0.1, -0.05) is 13.8 Å². The van der Waals surface area contributed by atoms with Gasteiger partial charge in [0, 0.05) is 13.2 Å². The quantitative estimate of drug-likeness (QED) is 0.662. The van der Waals surface area contributed by atoms with Crippen LogP contribution in [-0.4, -0.2) is 19.5 Å². The molecule has 18 heavy (non-hydrogen) atoms. The van der Waals surface area contributed by atoms with Crippen molar-refractivity contribution in [3.05, 3.63) is 33.4 Å². The van der Waals surface area contributed by atoms with Crippen LogP contribution in [0.3, 0.4) is 0 Å². The molecule has 3 heterocycles. The maximum atomic E-state index is 11.8. The Morgan fingerprint density at radius 3 is 2.78 bits per heavy atom. The maximum Gasteiger partial charge on any atom is 0.328 e. The molecule has 0 spiro atoms. The van der Waals surface area contributed by atoms with Gasteiger partial charge in [0.25, 0.3) is 5.56 Å². The molecule has 0 aromatic carbocycles. The number of hydrogen-bond acceptors (Lipinski definition) is 5. The van der Waals surface area contributed by atoms with E-state index in [9.17, 15) is 9.59 Å². The molecule has 0 saturated heterocycles. The molecule has 94 valence electrons. The van der Waals surface area contributed by atoms with Crippen LogP contribution < -0.4 is 11.2 Å². The van der Waals surface area contributed by atoms with Gasteiger partial charge in [0.15, 0.2) is 0 Å². The fourth-order valence-electron chi connectivity index (χ4n) is 1.55. The lowest BCUT2D eigenvalue weighted by Crippen LogP contribution is -2.31. The highest BCUT2D eigenvalue weighted by atomic mass is 32.1. The van der Waals surface area contributed by atoms with Crippen molar-refractivity contribution < 1.29 is 0 Å². The number of H-pyrrole nitrogens is 1. The van der Waals surface area contributed by atoms with Gasteiger partial charge in [-0.3, -0.25) is 9.36 Å². The summed E-state index contributed by atoms with van der Waals surface area (Å²) >= 11 is 1.28. The molecule has 6 nitrogen and oxygen atoms in total. The Bertz CT molecular complexity index is 815. The molecule has 0 radical (unpaired) electrons. The average Bonchev–Trinajstić information content (AvgIpc) is 2.78. The number of nitrogens with zero attached hydrogens (tertiary/aromatic N) is 3. The maximum absolute atomic E-state index is 11.8. The minimum absolute atomic E-state index is 0.304. The highest BCUT2D eigenvalue weighted by Crippen LogP contribution is 2.26. The van der Waals surface area contributed by atoms with E-state index in [0.717, 1.165) is 9.27 Å². The number of nitrogens with one attached hydrogen (secondary N) is 1. The minimum Gasteiger partial charge on any atom is -0.304 e. The van der Waals surface area contributed by atoms with Crippen LogP contribution in [0.2, 0.25) is 0 Å². The summed E-state index contributed by atoms with van der Waals surface area (Å²) in [5, 5.41) is 0. The highest BCUT2D eigenvalue weighted by molar-refractivity contribution is 7.25. The zero-order valence-corrected chi connectivity index (χ0v) is 11.0. The third kappa shape index (κ3) is 1.72. The Kier molecular flexibility index (Phi) is 3.24. The molecule has 3 aromatic rings. The Hall–Kier alpha value is -2.02. The Labute approximate surface area is 106 Å². The molecule has 0 amide bonds. The van der Waals surface area contributed by atoms with E-state index in [-0.39, 0.29) is 5.56 Å². The van der Waals surface area contributed by atoms with Gasteiger partial charge in [-0.25, -0.2) is 14.8 Å². The summed E-state index contributed by atoms with van der Waals surface area (Å²) in [6.45, 7) is 4.00. The van der Waals surface area contributed by atoms with Gasteiger partial charge in [0.1, 0.15) is 16.5 Å². The lowest BCUT2D eigenvalue weighted by Gasteiger charge is -1.94. The van der Waals surface area contributed by atoms with E-state index in [2.05, 4.69) is 15.0 Å². The molecular formula is C11H12N4O2S. The molecular weight excluding hydrogens is 252 g/mol. The van der Waals surface area contributed by atoms with Crippen molar-refractivity contribution in [2.45, 2.75) is 13.8 Å². The number of thiophene rings is 1. The zero-order valence-electron chi connectivity index (χ0n) is 10.2. The van der Waals surface area contributed by atoms with Crippen molar-refractivity contribution in [2.75, 3.05) is 0 Å². The molecule has 3 rings (SSSR count). The second-order valence-electron chi connectivity index (χ2n) is 3.34. The van der Waals surface area contributed by atoms with E-state index in [0.29, 0.717) is 15.7 Å². The molecule has 0 saturated carbocycles. The minimum atomic E-state index is -0.434. The van der Waals surface area contributed by atoms with Crippen LogP contribution in [0.25, 0.3) is 20.4 Å². The number of aromatic nitrogens is 4. The highest BCUT2D eigenvalue weighted by Gasteiger charge is 2.12. The molecule has 0 fully saturated rings. The van der Waals surface area contributed by atoms with Gasteiger partial charge < -0.3 is 4.98 Å². The number of rotatable bonds is 0. The number of aromatic amines is 1. The molecule has 0 aliphatic heterocycles. The first kappa shape index (κ1) is 12.4. The third-order valence-electron chi connectivity index (χ3n) is 2.39. The van der Waals surface area contributed by atoms with Crippen LogP contribution >= 0.6 is 11.3 Å². The van der Waals surface area contributed by atoms with E-state index in [4.69, 9.17) is 0 Å². The van der Waals surface area contributed by atoms with Crippen LogP contribution in [-0.2, 0) is 7.05 Å². The topological polar surface area (TPSA) is 80.6 Å². The van der Waals surface area contributed by atoms with Crippen molar-refractivity contribution in [2.24, 2.45) is 7.05 Å². The van der Waals surface area contributed by atoms with Gasteiger partial charge in [-0.15, -0.1) is 11.3 Å². The van der Waals surface area contributed by atoms with Crippen LogP contribution in [0.1, 0.15) is 13.8 Å². The Morgan fingerprint density at radius 2 is 2.06 bits per heavy atom. The molecule has 1 N–H and O–H groups in total. The summed E-state index contributed by atoms with van der Waals surface area (Å²) < 4.78 is 2.33. The van der Waals surface area contributed by atoms with E-state index < -0.39 is 5.69 Å². The first-order chi connectivity index (χ1) is 8.68. The van der Waals surface area contributed by atoms with Gasteiger partial charge in [-0.05, 0) is 0 Å². The predicted molar refractivity (Wildman–Crippen MR) is 72.1 cm³/mol. The second-order valence-corrected chi connectivity index (χ2v) is 4.39. The van der Waals surface area contributed by atoms with Gasteiger partial charge in [0.05, 0.1) is 10.2 Å². The molecule has 0 atom stereocenters. The monoisotopic (exact) mass is 264 g/mol. The van der Waals surface area contributed by atoms with Crippen molar-refractivity contribution in [3.8, 4) is 0 Å². The van der Waals surface area contributed by atoms with Crippen LogP contribution in [0.15, 0.2) is 22.1 Å². The van der Waals surface area contributed by atoms with Crippen LogP contribution in [0.4, 0.5) is 0 Å².